The van der Waals surface area contributed by atoms with Crippen molar-refractivity contribution in [3.8, 4) is 0 Å². The van der Waals surface area contributed by atoms with Crippen molar-refractivity contribution < 1.29 is 18.0 Å². The van der Waals surface area contributed by atoms with Gasteiger partial charge < -0.3 is 5.32 Å². The van der Waals surface area contributed by atoms with Crippen molar-refractivity contribution in [2.75, 3.05) is 5.32 Å². The van der Waals surface area contributed by atoms with Gasteiger partial charge >= 0.3 is 0 Å². The molecule has 0 aliphatic rings. The van der Waals surface area contributed by atoms with Crippen LogP contribution < -0.4 is 5.32 Å². The summed E-state index contributed by atoms with van der Waals surface area (Å²) in [6.45, 7) is 1.71. The van der Waals surface area contributed by atoms with Crippen molar-refractivity contribution in [3.63, 3.8) is 0 Å². The Hall–Kier alpha value is -2.73. The number of benzene rings is 3. The summed E-state index contributed by atoms with van der Waals surface area (Å²) in [7, 11) is 0. The van der Waals surface area contributed by atoms with Gasteiger partial charge in [0, 0.05) is 0 Å². The largest absolute Gasteiger partial charge is 0.323 e. The summed E-state index contributed by atoms with van der Waals surface area (Å²) < 4.78 is 40.4. The number of rotatable bonds is 6. The lowest BCUT2D eigenvalue weighted by Crippen LogP contribution is -2.24. The number of thioether (sulfide) groups is 1. The number of carbonyl (C=O) groups excluding carboxylic acids is 1. The lowest BCUT2D eigenvalue weighted by atomic mass is 10.0. The zero-order valence-corrected chi connectivity index (χ0v) is 15.8. The van der Waals surface area contributed by atoms with Crippen LogP contribution >= 0.6 is 11.8 Å². The third kappa shape index (κ3) is 4.95. The average Bonchev–Trinajstić information content (AvgIpc) is 2.69. The van der Waals surface area contributed by atoms with Crippen LogP contribution in [0.1, 0.15) is 23.3 Å². The first-order valence-corrected chi connectivity index (χ1v) is 9.60. The molecule has 3 rings (SSSR count). The first-order valence-electron chi connectivity index (χ1n) is 8.66. The highest BCUT2D eigenvalue weighted by atomic mass is 32.2. The fourth-order valence-corrected chi connectivity index (χ4v) is 3.91. The molecule has 6 heteroatoms. The fraction of sp³-hybridized carbons (Fsp3) is 0.136. The molecule has 0 unspecified atom stereocenters. The highest BCUT2D eigenvalue weighted by Crippen LogP contribution is 2.38. The topological polar surface area (TPSA) is 29.1 Å². The van der Waals surface area contributed by atoms with Crippen molar-refractivity contribution >= 4 is 23.4 Å². The number of anilines is 1. The van der Waals surface area contributed by atoms with Crippen molar-refractivity contribution in [2.45, 2.75) is 17.4 Å². The summed E-state index contributed by atoms with van der Waals surface area (Å²) in [6.07, 6.45) is 0. The summed E-state index contributed by atoms with van der Waals surface area (Å²) in [6, 6.07) is 17.9. The molecule has 0 bridgehead atoms. The number of carbonyl (C=O) groups is 1. The molecule has 0 saturated carbocycles. The lowest BCUT2D eigenvalue weighted by Gasteiger charge is -2.22. The number of para-hydroxylation sites is 1. The molecule has 28 heavy (non-hydrogen) atoms. The van der Waals surface area contributed by atoms with Crippen molar-refractivity contribution in [3.05, 3.63) is 101 Å². The van der Waals surface area contributed by atoms with E-state index in [-0.39, 0.29) is 28.5 Å². The third-order valence-electron chi connectivity index (χ3n) is 4.19. The number of hydrogen-bond acceptors (Lipinski definition) is 2. The molecule has 3 aromatic carbocycles. The van der Waals surface area contributed by atoms with Crippen LogP contribution in [-0.2, 0) is 4.79 Å². The van der Waals surface area contributed by atoms with E-state index >= 15 is 0 Å². The summed E-state index contributed by atoms with van der Waals surface area (Å²) in [4.78, 5) is 12.6. The normalized spacial score (nSPS) is 12.0. The molecular weight excluding hydrogens is 383 g/mol. The Kier molecular flexibility index (Phi) is 6.41. The minimum atomic E-state index is -0.542. The van der Waals surface area contributed by atoms with Gasteiger partial charge in [0.2, 0.25) is 5.91 Å². The molecule has 3 aromatic rings. The molecule has 144 valence electrons. The van der Waals surface area contributed by atoms with Gasteiger partial charge in [-0.1, -0.05) is 36.4 Å². The minimum absolute atomic E-state index is 0.111. The second-order valence-corrected chi connectivity index (χ2v) is 7.68. The van der Waals surface area contributed by atoms with Gasteiger partial charge in [-0.15, -0.1) is 11.8 Å². The standard InChI is InChI=1S/C22H18F3NOS/c1-14(22(27)26-20-5-3-2-4-19(20)25)28-21(15-6-10-17(23)11-7-15)16-8-12-18(24)13-9-16/h2-14,21H,1H3,(H,26,27)/t14-/m0/s1. The van der Waals surface area contributed by atoms with Crippen LogP contribution in [0.4, 0.5) is 18.9 Å². The second kappa shape index (κ2) is 8.97. The summed E-state index contributed by atoms with van der Waals surface area (Å²) >= 11 is 1.32. The Balaban J connectivity index is 1.82. The monoisotopic (exact) mass is 401 g/mol. The van der Waals surface area contributed by atoms with Gasteiger partial charge in [0.1, 0.15) is 17.5 Å². The highest BCUT2D eigenvalue weighted by molar-refractivity contribution is 8.01. The van der Waals surface area contributed by atoms with Gasteiger partial charge in [0.15, 0.2) is 0 Å². The van der Waals surface area contributed by atoms with E-state index in [1.165, 1.54) is 48.2 Å². The van der Waals surface area contributed by atoms with Crippen molar-refractivity contribution in [1.82, 2.24) is 0 Å². The highest BCUT2D eigenvalue weighted by Gasteiger charge is 2.23. The molecule has 1 amide bonds. The fourth-order valence-electron chi connectivity index (χ4n) is 2.69. The van der Waals surface area contributed by atoms with E-state index in [0.29, 0.717) is 0 Å². The maximum Gasteiger partial charge on any atom is 0.237 e. The number of amides is 1. The SMILES string of the molecule is C[C@H](SC(c1ccc(F)cc1)c1ccc(F)cc1)C(=O)Nc1ccccc1F. The smallest absolute Gasteiger partial charge is 0.237 e. The molecule has 0 aliphatic heterocycles. The predicted octanol–water partition coefficient (Wildman–Crippen LogP) is 5.95. The predicted molar refractivity (Wildman–Crippen MR) is 107 cm³/mol. The molecule has 0 aromatic heterocycles. The van der Waals surface area contributed by atoms with Crippen LogP contribution in [0.15, 0.2) is 72.8 Å². The molecule has 0 aliphatic carbocycles. The lowest BCUT2D eigenvalue weighted by molar-refractivity contribution is -0.115. The van der Waals surface area contributed by atoms with Gasteiger partial charge in [-0.05, 0) is 54.4 Å². The summed E-state index contributed by atoms with van der Waals surface area (Å²) in [5, 5.41) is 1.72. The van der Waals surface area contributed by atoms with Crippen LogP contribution in [0.2, 0.25) is 0 Å². The van der Waals surface area contributed by atoms with Gasteiger partial charge in [-0.2, -0.15) is 0 Å². The molecule has 0 saturated heterocycles. The maximum absolute atomic E-state index is 13.8. The molecule has 0 fully saturated rings. The van der Waals surface area contributed by atoms with E-state index in [9.17, 15) is 18.0 Å². The van der Waals surface area contributed by atoms with Crippen molar-refractivity contribution in [1.29, 1.82) is 0 Å². The van der Waals surface area contributed by atoms with E-state index < -0.39 is 11.1 Å². The van der Waals surface area contributed by atoms with Gasteiger partial charge in [0.25, 0.3) is 0 Å². The maximum atomic E-state index is 13.8. The molecule has 1 N–H and O–H groups in total. The van der Waals surface area contributed by atoms with Gasteiger partial charge in [-0.3, -0.25) is 4.79 Å². The average molecular weight is 401 g/mol. The van der Waals surface area contributed by atoms with E-state index in [4.69, 9.17) is 0 Å². The van der Waals surface area contributed by atoms with E-state index in [0.717, 1.165) is 11.1 Å². The zero-order chi connectivity index (χ0) is 20.1. The van der Waals surface area contributed by atoms with Crippen LogP contribution in [0, 0.1) is 17.5 Å². The van der Waals surface area contributed by atoms with Crippen LogP contribution in [0.25, 0.3) is 0 Å². The quantitative estimate of drug-likeness (QED) is 0.553. The Morgan fingerprint density at radius 2 is 1.32 bits per heavy atom. The first-order chi connectivity index (χ1) is 13.4. The van der Waals surface area contributed by atoms with E-state index in [1.54, 1.807) is 43.3 Å². The number of halogens is 3. The summed E-state index contributed by atoms with van der Waals surface area (Å²) in [5.41, 5.74) is 1.67. The van der Waals surface area contributed by atoms with Crippen molar-refractivity contribution in [2.24, 2.45) is 0 Å². The van der Waals surface area contributed by atoms with Gasteiger partial charge in [0.05, 0.1) is 16.2 Å². The Bertz CT molecular complexity index is 899. The molecular formula is C22H18F3NOS. The zero-order valence-electron chi connectivity index (χ0n) is 15.0. The Morgan fingerprint density at radius 1 is 0.821 bits per heavy atom. The number of hydrogen-bond donors (Lipinski definition) is 1. The Labute approximate surface area is 165 Å². The molecule has 0 spiro atoms. The van der Waals surface area contributed by atoms with Gasteiger partial charge in [-0.25, -0.2) is 13.2 Å². The van der Waals surface area contributed by atoms with E-state index in [1.807, 2.05) is 0 Å². The molecule has 0 radical (unpaired) electrons. The van der Waals surface area contributed by atoms with Crippen LogP contribution in [0.3, 0.4) is 0 Å². The molecule has 2 nitrogen and oxygen atoms in total. The van der Waals surface area contributed by atoms with Crippen LogP contribution in [0.5, 0.6) is 0 Å². The second-order valence-electron chi connectivity index (χ2n) is 6.23. The van der Waals surface area contributed by atoms with Crippen LogP contribution in [-0.4, -0.2) is 11.2 Å². The summed E-state index contributed by atoms with van der Waals surface area (Å²) in [5.74, 6) is -1.60. The third-order valence-corrected chi connectivity index (χ3v) is 5.63. The van der Waals surface area contributed by atoms with E-state index in [2.05, 4.69) is 5.32 Å². The first kappa shape index (κ1) is 20.0. The minimum Gasteiger partial charge on any atom is -0.323 e. The Morgan fingerprint density at radius 3 is 1.82 bits per heavy atom. The number of nitrogens with one attached hydrogen (secondary N) is 1. The molecule has 0 heterocycles. The molecule has 1 atom stereocenters.